The summed E-state index contributed by atoms with van der Waals surface area (Å²) in [7, 11) is 0. The molecule has 0 N–H and O–H groups in total. The fourth-order valence-corrected chi connectivity index (χ4v) is 8.02. The van der Waals surface area contributed by atoms with Crippen molar-refractivity contribution in [3.8, 4) is 11.1 Å². The molecule has 1 nitrogen and oxygen atoms in total. The van der Waals surface area contributed by atoms with Gasteiger partial charge in [-0.15, -0.1) is 0 Å². The number of allylic oxidation sites excluding steroid dienone is 2. The maximum Gasteiger partial charge on any atom is 0.0729 e. The van der Waals surface area contributed by atoms with Gasteiger partial charge in [-0.1, -0.05) is 128 Å². The van der Waals surface area contributed by atoms with Crippen LogP contribution in [0.1, 0.15) is 58.7 Å². The van der Waals surface area contributed by atoms with Gasteiger partial charge >= 0.3 is 0 Å². The molecule has 218 valence electrons. The maximum atomic E-state index is 2.50. The molecule has 8 rings (SSSR count). The van der Waals surface area contributed by atoms with E-state index in [9.17, 15) is 0 Å². The molecule has 0 saturated carbocycles. The molecule has 0 bridgehead atoms. The Morgan fingerprint density at radius 3 is 1.76 bits per heavy atom. The molecule has 1 atom stereocenters. The van der Waals surface area contributed by atoms with Crippen LogP contribution in [0.5, 0.6) is 0 Å². The Bertz CT molecular complexity index is 2050. The molecule has 1 spiro atoms. The van der Waals surface area contributed by atoms with Crippen LogP contribution >= 0.6 is 0 Å². The van der Waals surface area contributed by atoms with Crippen LogP contribution in [0.25, 0.3) is 22.3 Å². The van der Waals surface area contributed by atoms with Gasteiger partial charge in [0.1, 0.15) is 0 Å². The summed E-state index contributed by atoms with van der Waals surface area (Å²) in [6.45, 7) is 6.83. The lowest BCUT2D eigenvalue weighted by Crippen LogP contribution is -2.27. The highest BCUT2D eigenvalue weighted by Crippen LogP contribution is 2.65. The van der Waals surface area contributed by atoms with Crippen molar-refractivity contribution < 1.29 is 0 Å². The monoisotopic (exact) mass is 579 g/mol. The Morgan fingerprint density at radius 1 is 0.489 bits per heavy atom. The second-order valence-corrected chi connectivity index (χ2v) is 12.5. The SMILES string of the molecule is CCCC1=C(c2ccccc2C)C2(c3cc(N(c4ccccc4)c4ccccc4)ccc31)c1ccccc1-c1ccc(C)cc12. The zero-order chi connectivity index (χ0) is 30.5. The van der Waals surface area contributed by atoms with E-state index in [1.807, 2.05) is 0 Å². The molecule has 0 amide bonds. The number of anilines is 3. The van der Waals surface area contributed by atoms with Crippen molar-refractivity contribution >= 4 is 28.2 Å². The maximum absolute atomic E-state index is 2.50. The van der Waals surface area contributed by atoms with Crippen LogP contribution in [-0.4, -0.2) is 0 Å². The molecular formula is C44H37N. The molecule has 0 heterocycles. The molecule has 2 aliphatic carbocycles. The van der Waals surface area contributed by atoms with Gasteiger partial charge in [0.2, 0.25) is 0 Å². The number of fused-ring (bicyclic) bond motifs is 7. The number of para-hydroxylation sites is 2. The number of hydrogen-bond acceptors (Lipinski definition) is 1. The Morgan fingerprint density at radius 2 is 1.07 bits per heavy atom. The number of hydrogen-bond donors (Lipinski definition) is 0. The van der Waals surface area contributed by atoms with Gasteiger partial charge in [-0.3, -0.25) is 0 Å². The average Bonchev–Trinajstić information content (AvgIpc) is 3.52. The van der Waals surface area contributed by atoms with Crippen molar-refractivity contribution in [1.82, 2.24) is 0 Å². The first-order valence-corrected chi connectivity index (χ1v) is 16.2. The highest BCUT2D eigenvalue weighted by atomic mass is 15.1. The third-order valence-electron chi connectivity index (χ3n) is 9.81. The van der Waals surface area contributed by atoms with E-state index in [0.29, 0.717) is 0 Å². The van der Waals surface area contributed by atoms with Gasteiger partial charge in [0.25, 0.3) is 0 Å². The van der Waals surface area contributed by atoms with E-state index in [2.05, 4.69) is 171 Å². The van der Waals surface area contributed by atoms with Crippen molar-refractivity contribution in [3.63, 3.8) is 0 Å². The van der Waals surface area contributed by atoms with E-state index < -0.39 is 5.41 Å². The zero-order valence-corrected chi connectivity index (χ0v) is 26.2. The summed E-state index contributed by atoms with van der Waals surface area (Å²) in [4.78, 5) is 2.40. The molecule has 2 aliphatic rings. The second-order valence-electron chi connectivity index (χ2n) is 12.5. The van der Waals surface area contributed by atoms with Crippen LogP contribution in [0.3, 0.4) is 0 Å². The minimum Gasteiger partial charge on any atom is -0.310 e. The number of aryl methyl sites for hydroxylation is 2. The lowest BCUT2D eigenvalue weighted by Gasteiger charge is -2.35. The van der Waals surface area contributed by atoms with Gasteiger partial charge in [-0.2, -0.15) is 0 Å². The van der Waals surface area contributed by atoms with Crippen molar-refractivity contribution in [3.05, 3.63) is 185 Å². The molecule has 0 radical (unpaired) electrons. The first-order valence-electron chi connectivity index (χ1n) is 16.2. The summed E-state index contributed by atoms with van der Waals surface area (Å²) in [5, 5.41) is 0. The standard InChI is InChI=1S/C44H37N/c1-4-15-39-38-27-25-34(45(32-17-7-5-8-18-32)33-19-9-6-10-20-33)29-42(38)44(43(39)35-21-12-11-16-31(35)3)40-23-14-13-22-36(40)37-26-24-30(2)28-41(37)44/h5-14,16-29H,4,15H2,1-3H3. The van der Waals surface area contributed by atoms with Gasteiger partial charge in [0, 0.05) is 17.1 Å². The number of benzene rings is 6. The molecule has 45 heavy (non-hydrogen) atoms. The molecule has 6 aromatic rings. The van der Waals surface area contributed by atoms with Crippen LogP contribution in [0.2, 0.25) is 0 Å². The highest BCUT2D eigenvalue weighted by molar-refractivity contribution is 6.10. The van der Waals surface area contributed by atoms with Crippen LogP contribution < -0.4 is 4.90 Å². The molecule has 1 unspecified atom stereocenters. The normalized spacial score (nSPS) is 16.1. The molecule has 0 aliphatic heterocycles. The van der Waals surface area contributed by atoms with Gasteiger partial charge in [0.05, 0.1) is 5.41 Å². The summed E-state index contributed by atoms with van der Waals surface area (Å²) < 4.78 is 0. The highest BCUT2D eigenvalue weighted by Gasteiger charge is 2.53. The molecule has 6 aromatic carbocycles. The topological polar surface area (TPSA) is 3.24 Å². The first kappa shape index (κ1) is 27.4. The van der Waals surface area contributed by atoms with E-state index in [0.717, 1.165) is 24.2 Å². The molecule has 1 heteroatoms. The lowest BCUT2D eigenvalue weighted by atomic mass is 9.67. The zero-order valence-electron chi connectivity index (χ0n) is 26.2. The summed E-state index contributed by atoms with van der Waals surface area (Å²) in [6.07, 6.45) is 2.12. The van der Waals surface area contributed by atoms with Gasteiger partial charge in [-0.25, -0.2) is 0 Å². The van der Waals surface area contributed by atoms with Crippen molar-refractivity contribution in [2.45, 2.75) is 39.0 Å². The van der Waals surface area contributed by atoms with Crippen LogP contribution in [0.15, 0.2) is 146 Å². The minimum atomic E-state index is -0.418. The van der Waals surface area contributed by atoms with E-state index in [1.165, 1.54) is 66.9 Å². The predicted molar refractivity (Wildman–Crippen MR) is 191 cm³/mol. The summed E-state index contributed by atoms with van der Waals surface area (Å²) >= 11 is 0. The number of nitrogens with zero attached hydrogens (tertiary/aromatic N) is 1. The minimum absolute atomic E-state index is 0.418. The molecule has 0 fully saturated rings. The van der Waals surface area contributed by atoms with E-state index >= 15 is 0 Å². The summed E-state index contributed by atoms with van der Waals surface area (Å²) in [5.74, 6) is 0. The smallest absolute Gasteiger partial charge is 0.0729 e. The molecule has 0 aromatic heterocycles. The fourth-order valence-electron chi connectivity index (χ4n) is 8.02. The number of rotatable bonds is 6. The van der Waals surface area contributed by atoms with Crippen molar-refractivity contribution in [2.24, 2.45) is 0 Å². The average molecular weight is 580 g/mol. The van der Waals surface area contributed by atoms with Crippen molar-refractivity contribution in [1.29, 1.82) is 0 Å². The van der Waals surface area contributed by atoms with Crippen LogP contribution in [0.4, 0.5) is 17.1 Å². The lowest BCUT2D eigenvalue weighted by molar-refractivity contribution is 0.838. The quantitative estimate of drug-likeness (QED) is 0.190. The first-order chi connectivity index (χ1) is 22.1. The fraction of sp³-hybridized carbons (Fsp3) is 0.136. The van der Waals surface area contributed by atoms with Gasteiger partial charge < -0.3 is 4.90 Å². The van der Waals surface area contributed by atoms with E-state index in [1.54, 1.807) is 0 Å². The van der Waals surface area contributed by atoms with Crippen LogP contribution in [-0.2, 0) is 5.41 Å². The van der Waals surface area contributed by atoms with Crippen LogP contribution in [0, 0.1) is 13.8 Å². The Kier molecular flexibility index (Phi) is 6.57. The summed E-state index contributed by atoms with van der Waals surface area (Å²) in [5.41, 5.74) is 18.2. The summed E-state index contributed by atoms with van der Waals surface area (Å²) in [6, 6.07) is 54.0. The molecule has 0 saturated heterocycles. The van der Waals surface area contributed by atoms with Gasteiger partial charge in [0.15, 0.2) is 0 Å². The van der Waals surface area contributed by atoms with Crippen molar-refractivity contribution in [2.75, 3.05) is 4.90 Å². The third-order valence-corrected chi connectivity index (χ3v) is 9.81. The Labute approximate surface area is 267 Å². The molecular weight excluding hydrogens is 542 g/mol. The predicted octanol–water partition coefficient (Wildman–Crippen LogP) is 11.8. The Hall–Kier alpha value is -5.14. The van der Waals surface area contributed by atoms with E-state index in [4.69, 9.17) is 0 Å². The Balaban J connectivity index is 1.50. The third kappa shape index (κ3) is 4.07. The van der Waals surface area contributed by atoms with E-state index in [-0.39, 0.29) is 0 Å². The van der Waals surface area contributed by atoms with Gasteiger partial charge in [-0.05, 0) is 112 Å². The second kappa shape index (κ2) is 10.8. The largest absolute Gasteiger partial charge is 0.310 e.